The normalized spacial score (nSPS) is 26.7. The van der Waals surface area contributed by atoms with E-state index in [4.69, 9.17) is 5.73 Å². The zero-order valence-corrected chi connectivity index (χ0v) is 14.0. The van der Waals surface area contributed by atoms with Crippen LogP contribution in [-0.4, -0.2) is 17.0 Å². The largest absolute Gasteiger partial charge is 0.370 e. The molecule has 5 heteroatoms. The zero-order valence-electron chi connectivity index (χ0n) is 11.7. The van der Waals surface area contributed by atoms with Crippen LogP contribution >= 0.6 is 24.0 Å². The van der Waals surface area contributed by atoms with Crippen molar-refractivity contribution in [2.75, 3.05) is 5.32 Å². The van der Waals surface area contributed by atoms with E-state index in [9.17, 15) is 0 Å². The molecular weight excluding hydrogens is 363 g/mol. The van der Waals surface area contributed by atoms with Crippen LogP contribution in [0, 0.1) is 11.8 Å². The topological polar surface area (TPSA) is 63.3 Å². The third-order valence-corrected chi connectivity index (χ3v) is 4.29. The maximum atomic E-state index is 5.94. The maximum Gasteiger partial charge on any atom is 0.194 e. The number of hydrogen-bond donors (Lipinski definition) is 2. The van der Waals surface area contributed by atoms with Gasteiger partial charge in [-0.05, 0) is 30.4 Å². The minimum atomic E-state index is 0. The van der Waals surface area contributed by atoms with E-state index in [-0.39, 0.29) is 24.0 Å². The van der Waals surface area contributed by atoms with Gasteiger partial charge in [0.1, 0.15) is 5.82 Å². The second-order valence-corrected chi connectivity index (χ2v) is 5.72. The third-order valence-electron chi connectivity index (χ3n) is 4.29. The highest BCUT2D eigenvalue weighted by Gasteiger charge is 2.43. The van der Waals surface area contributed by atoms with Crippen LogP contribution in [0.1, 0.15) is 38.5 Å². The lowest BCUT2D eigenvalue weighted by Crippen LogP contribution is -2.24. The quantitative estimate of drug-likeness (QED) is 0.476. The predicted octanol–water partition coefficient (Wildman–Crippen LogP) is 3.40. The summed E-state index contributed by atoms with van der Waals surface area (Å²) in [5.74, 6) is 2.94. The molecule has 2 atom stereocenters. The van der Waals surface area contributed by atoms with E-state index in [0.717, 1.165) is 17.7 Å². The van der Waals surface area contributed by atoms with E-state index >= 15 is 0 Å². The molecule has 0 saturated heterocycles. The Morgan fingerprint density at radius 3 is 2.75 bits per heavy atom. The van der Waals surface area contributed by atoms with E-state index in [1.54, 1.807) is 6.20 Å². The molecule has 1 aromatic heterocycles. The van der Waals surface area contributed by atoms with Crippen LogP contribution in [0.2, 0.25) is 0 Å². The van der Waals surface area contributed by atoms with Gasteiger partial charge < -0.3 is 11.1 Å². The van der Waals surface area contributed by atoms with Crippen LogP contribution in [0.3, 0.4) is 0 Å². The molecule has 0 spiro atoms. The van der Waals surface area contributed by atoms with Gasteiger partial charge in [0.2, 0.25) is 0 Å². The summed E-state index contributed by atoms with van der Waals surface area (Å²) in [5, 5.41) is 3.05. The molecule has 0 bridgehead atoms. The molecule has 2 fully saturated rings. The van der Waals surface area contributed by atoms with Gasteiger partial charge in [0.25, 0.3) is 0 Å². The first-order valence-corrected chi connectivity index (χ1v) is 7.34. The molecule has 2 aliphatic carbocycles. The number of hydrogen-bond acceptors (Lipinski definition) is 2. The van der Waals surface area contributed by atoms with Gasteiger partial charge in [0.15, 0.2) is 5.96 Å². The smallest absolute Gasteiger partial charge is 0.194 e. The lowest BCUT2D eigenvalue weighted by atomic mass is 9.85. The molecule has 0 aliphatic heterocycles. The van der Waals surface area contributed by atoms with Gasteiger partial charge in [-0.1, -0.05) is 38.2 Å². The molecule has 3 N–H and O–H groups in total. The number of anilines is 1. The molecule has 3 rings (SSSR count). The molecule has 2 saturated carbocycles. The fourth-order valence-electron chi connectivity index (χ4n) is 3.20. The molecule has 110 valence electrons. The first kappa shape index (κ1) is 15.5. The summed E-state index contributed by atoms with van der Waals surface area (Å²) in [6, 6.07) is 6.16. The molecule has 4 nitrogen and oxygen atoms in total. The summed E-state index contributed by atoms with van der Waals surface area (Å²) in [5.41, 5.74) is 5.94. The van der Waals surface area contributed by atoms with Crippen molar-refractivity contribution in [3.05, 3.63) is 24.4 Å². The number of nitrogens with zero attached hydrogens (tertiary/aromatic N) is 2. The van der Waals surface area contributed by atoms with Crippen LogP contribution in [0.25, 0.3) is 0 Å². The highest BCUT2D eigenvalue weighted by atomic mass is 127. The van der Waals surface area contributed by atoms with Crippen molar-refractivity contribution >= 4 is 35.8 Å². The number of nitrogens with two attached hydrogens (primary N) is 1. The number of pyridine rings is 1. The van der Waals surface area contributed by atoms with Crippen molar-refractivity contribution in [1.82, 2.24) is 4.98 Å². The SMILES string of the molecule is I.NC(=NC1CC1C1CCCCC1)Nc1ccccn1. The zero-order chi connectivity index (χ0) is 13.1. The number of aromatic nitrogens is 1. The fourth-order valence-corrected chi connectivity index (χ4v) is 3.20. The van der Waals surface area contributed by atoms with E-state index in [2.05, 4.69) is 15.3 Å². The number of halogens is 1. The lowest BCUT2D eigenvalue weighted by molar-refractivity contribution is 0.318. The van der Waals surface area contributed by atoms with E-state index in [0.29, 0.717) is 12.0 Å². The molecule has 1 heterocycles. The summed E-state index contributed by atoms with van der Waals surface area (Å²) >= 11 is 0. The summed E-state index contributed by atoms with van der Waals surface area (Å²) in [6.45, 7) is 0. The van der Waals surface area contributed by atoms with Gasteiger partial charge in [0.05, 0.1) is 6.04 Å². The van der Waals surface area contributed by atoms with Crippen LogP contribution in [0.4, 0.5) is 5.82 Å². The second kappa shape index (κ2) is 7.24. The minimum Gasteiger partial charge on any atom is -0.370 e. The van der Waals surface area contributed by atoms with Crippen LogP contribution in [-0.2, 0) is 0 Å². The Kier molecular flexibility index (Phi) is 5.63. The minimum absolute atomic E-state index is 0. The van der Waals surface area contributed by atoms with Gasteiger partial charge in [-0.25, -0.2) is 9.98 Å². The summed E-state index contributed by atoms with van der Waals surface area (Å²) < 4.78 is 0. The lowest BCUT2D eigenvalue weighted by Gasteiger charge is -2.21. The van der Waals surface area contributed by atoms with Crippen LogP contribution in [0.15, 0.2) is 29.4 Å². The van der Waals surface area contributed by atoms with Gasteiger partial charge >= 0.3 is 0 Å². The Labute approximate surface area is 137 Å². The van der Waals surface area contributed by atoms with Gasteiger partial charge in [-0.2, -0.15) is 0 Å². The Bertz CT molecular complexity index is 442. The third kappa shape index (κ3) is 4.07. The molecule has 0 radical (unpaired) electrons. The average molecular weight is 386 g/mol. The standard InChI is InChI=1S/C15H22N4.HI/c16-15(19-14-8-4-5-9-17-14)18-13-10-12(13)11-6-2-1-3-7-11;/h4-5,8-9,11-13H,1-3,6-7,10H2,(H3,16,17,18,19);1H. The predicted molar refractivity (Wildman–Crippen MR) is 93.4 cm³/mol. The first-order valence-electron chi connectivity index (χ1n) is 7.34. The highest BCUT2D eigenvalue weighted by Crippen LogP contribution is 2.46. The van der Waals surface area contributed by atoms with Crippen molar-refractivity contribution in [3.8, 4) is 0 Å². The van der Waals surface area contributed by atoms with E-state index in [1.165, 1.54) is 38.5 Å². The number of rotatable bonds is 3. The number of nitrogens with one attached hydrogen (secondary N) is 1. The van der Waals surface area contributed by atoms with E-state index in [1.807, 2.05) is 18.2 Å². The van der Waals surface area contributed by atoms with Gasteiger partial charge in [-0.3, -0.25) is 0 Å². The maximum absolute atomic E-state index is 5.94. The Morgan fingerprint density at radius 2 is 2.05 bits per heavy atom. The molecule has 2 aliphatic rings. The molecule has 0 aromatic carbocycles. The van der Waals surface area contributed by atoms with Crippen molar-refractivity contribution in [2.24, 2.45) is 22.6 Å². The fraction of sp³-hybridized carbons (Fsp3) is 0.600. The van der Waals surface area contributed by atoms with Crippen LogP contribution in [0.5, 0.6) is 0 Å². The Balaban J connectivity index is 0.00000147. The number of guanidine groups is 1. The van der Waals surface area contributed by atoms with Crippen molar-refractivity contribution in [2.45, 2.75) is 44.6 Å². The Morgan fingerprint density at radius 1 is 1.25 bits per heavy atom. The first-order chi connectivity index (χ1) is 9.33. The highest BCUT2D eigenvalue weighted by molar-refractivity contribution is 14.0. The van der Waals surface area contributed by atoms with E-state index < -0.39 is 0 Å². The summed E-state index contributed by atoms with van der Waals surface area (Å²) in [6.07, 6.45) is 9.97. The monoisotopic (exact) mass is 386 g/mol. The van der Waals surface area contributed by atoms with Crippen molar-refractivity contribution < 1.29 is 0 Å². The summed E-state index contributed by atoms with van der Waals surface area (Å²) in [4.78, 5) is 8.77. The average Bonchev–Trinajstić information content (AvgIpc) is 3.20. The van der Waals surface area contributed by atoms with Crippen molar-refractivity contribution in [1.29, 1.82) is 0 Å². The van der Waals surface area contributed by atoms with Gasteiger partial charge in [0, 0.05) is 6.20 Å². The Hall–Kier alpha value is -0.850. The van der Waals surface area contributed by atoms with Crippen molar-refractivity contribution in [3.63, 3.8) is 0 Å². The molecule has 20 heavy (non-hydrogen) atoms. The molecule has 0 amide bonds. The molecular formula is C15H23IN4. The number of aliphatic imine (C=N–C) groups is 1. The molecule has 1 aromatic rings. The van der Waals surface area contributed by atoms with Gasteiger partial charge in [-0.15, -0.1) is 24.0 Å². The second-order valence-electron chi connectivity index (χ2n) is 5.72. The summed E-state index contributed by atoms with van der Waals surface area (Å²) in [7, 11) is 0. The molecule has 2 unspecified atom stereocenters. The van der Waals surface area contributed by atoms with Crippen LogP contribution < -0.4 is 11.1 Å².